The molecule has 0 aliphatic carbocycles. The first kappa shape index (κ1) is 16.8. The van der Waals surface area contributed by atoms with Gasteiger partial charge in [-0.15, -0.1) is 11.8 Å². The zero-order valence-corrected chi connectivity index (χ0v) is 15.2. The monoisotopic (exact) mass is 338 g/mol. The Morgan fingerprint density at radius 2 is 1.88 bits per heavy atom. The number of benzene rings is 2. The third kappa shape index (κ3) is 3.57. The van der Waals surface area contributed by atoms with Crippen LogP contribution in [-0.4, -0.2) is 11.7 Å². The molecule has 0 spiro atoms. The molecule has 0 N–H and O–H groups in total. The van der Waals surface area contributed by atoms with E-state index in [0.717, 1.165) is 11.1 Å². The van der Waals surface area contributed by atoms with Crippen LogP contribution in [-0.2, 0) is 10.2 Å². The van der Waals surface area contributed by atoms with Gasteiger partial charge in [-0.1, -0.05) is 38.1 Å². The fourth-order valence-corrected chi connectivity index (χ4v) is 4.32. The van der Waals surface area contributed by atoms with Crippen LogP contribution < -0.4 is 0 Å². The Hall–Kier alpha value is -2.00. The molecule has 0 fully saturated rings. The van der Waals surface area contributed by atoms with Crippen LogP contribution in [0.2, 0.25) is 0 Å². The number of hydrogen-bond acceptors (Lipinski definition) is 3. The molecule has 0 saturated carbocycles. The summed E-state index contributed by atoms with van der Waals surface area (Å²) in [6.07, 6.45) is 2.74. The van der Waals surface area contributed by atoms with Crippen LogP contribution in [0.4, 0.5) is 0 Å². The van der Waals surface area contributed by atoms with Crippen LogP contribution >= 0.6 is 11.8 Å². The molecule has 0 saturated heterocycles. The molecule has 0 aromatic heterocycles. The van der Waals surface area contributed by atoms with E-state index in [1.54, 1.807) is 18.4 Å². The summed E-state index contributed by atoms with van der Waals surface area (Å²) in [5.74, 6) is 0.840. The van der Waals surface area contributed by atoms with Crippen molar-refractivity contribution in [3.8, 4) is 0 Å². The molecule has 1 aliphatic rings. The van der Waals surface area contributed by atoms with E-state index in [1.807, 2.05) is 36.9 Å². The molecule has 0 radical (unpaired) electrons. The van der Waals surface area contributed by atoms with Crippen LogP contribution in [0.3, 0.4) is 0 Å². The lowest BCUT2D eigenvalue weighted by atomic mass is 9.81. The first-order valence-electron chi connectivity index (χ1n) is 8.18. The van der Waals surface area contributed by atoms with Gasteiger partial charge in [0.05, 0.1) is 11.8 Å². The standard InChI is InChI=1S/C21H22O2S/c1-15(14-23-20(22)16-7-5-4-6-8-16)17-9-10-19-18(13-17)21(2,3)11-12-24-19/h4-10,13-14H,11-12H2,1-3H3. The van der Waals surface area contributed by atoms with Gasteiger partial charge in [0.25, 0.3) is 0 Å². The summed E-state index contributed by atoms with van der Waals surface area (Å²) in [6, 6.07) is 15.6. The molecule has 2 nitrogen and oxygen atoms in total. The highest BCUT2D eigenvalue weighted by Gasteiger charge is 2.27. The smallest absolute Gasteiger partial charge is 0.342 e. The molecule has 0 atom stereocenters. The third-order valence-corrected chi connectivity index (χ3v) is 5.58. The fraction of sp³-hybridized carbons (Fsp3) is 0.286. The maximum absolute atomic E-state index is 12.0. The number of carbonyl (C=O) groups excluding carboxylic acids is 1. The van der Waals surface area contributed by atoms with E-state index >= 15 is 0 Å². The Bertz CT molecular complexity index is 776. The second-order valence-electron chi connectivity index (χ2n) is 6.77. The molecule has 1 heterocycles. The normalized spacial score (nSPS) is 16.4. The minimum Gasteiger partial charge on any atom is -0.431 e. The molecule has 0 bridgehead atoms. The van der Waals surface area contributed by atoms with Gasteiger partial charge in [0.2, 0.25) is 0 Å². The lowest BCUT2D eigenvalue weighted by Gasteiger charge is -2.32. The Morgan fingerprint density at radius 1 is 1.12 bits per heavy atom. The van der Waals surface area contributed by atoms with Crippen LogP contribution in [0.15, 0.2) is 59.7 Å². The summed E-state index contributed by atoms with van der Waals surface area (Å²) < 4.78 is 5.33. The number of hydrogen-bond donors (Lipinski definition) is 0. The molecular weight excluding hydrogens is 316 g/mol. The molecular formula is C21H22O2S. The van der Waals surface area contributed by atoms with E-state index in [2.05, 4.69) is 32.0 Å². The van der Waals surface area contributed by atoms with Gasteiger partial charge in [-0.2, -0.15) is 0 Å². The molecule has 124 valence electrons. The third-order valence-electron chi connectivity index (χ3n) is 4.50. The SMILES string of the molecule is CC(=COC(=O)c1ccccc1)c1ccc2c(c1)C(C)(C)CCS2. The van der Waals surface area contributed by atoms with Gasteiger partial charge in [-0.3, -0.25) is 0 Å². The fourth-order valence-electron chi connectivity index (χ4n) is 2.83. The number of esters is 1. The molecule has 2 aromatic carbocycles. The Kier molecular flexibility index (Phi) is 4.81. The number of allylic oxidation sites excluding steroid dienone is 1. The van der Waals surface area contributed by atoms with Crippen molar-refractivity contribution in [2.24, 2.45) is 0 Å². The highest BCUT2D eigenvalue weighted by atomic mass is 32.2. The lowest BCUT2D eigenvalue weighted by molar-refractivity contribution is 0.0664. The van der Waals surface area contributed by atoms with Crippen molar-refractivity contribution < 1.29 is 9.53 Å². The minimum atomic E-state index is -0.330. The average molecular weight is 338 g/mol. The Labute approximate surface area is 147 Å². The number of ether oxygens (including phenoxy) is 1. The summed E-state index contributed by atoms with van der Waals surface area (Å²) in [5.41, 5.74) is 4.19. The highest BCUT2D eigenvalue weighted by molar-refractivity contribution is 7.99. The van der Waals surface area contributed by atoms with Crippen molar-refractivity contribution in [1.29, 1.82) is 0 Å². The number of thioether (sulfide) groups is 1. The average Bonchev–Trinajstić information content (AvgIpc) is 2.59. The second kappa shape index (κ2) is 6.86. The summed E-state index contributed by atoms with van der Waals surface area (Å²) in [7, 11) is 0. The van der Waals surface area contributed by atoms with Gasteiger partial charge >= 0.3 is 5.97 Å². The molecule has 3 heteroatoms. The first-order valence-corrected chi connectivity index (χ1v) is 9.16. The van der Waals surface area contributed by atoms with Crippen LogP contribution in [0, 0.1) is 0 Å². The molecule has 24 heavy (non-hydrogen) atoms. The first-order chi connectivity index (χ1) is 11.5. The van der Waals surface area contributed by atoms with Crippen LogP contribution in [0.5, 0.6) is 0 Å². The molecule has 0 amide bonds. The van der Waals surface area contributed by atoms with Crippen molar-refractivity contribution >= 4 is 23.3 Å². The highest BCUT2D eigenvalue weighted by Crippen LogP contribution is 2.42. The summed E-state index contributed by atoms with van der Waals surface area (Å²) >= 11 is 1.92. The summed E-state index contributed by atoms with van der Waals surface area (Å²) in [6.45, 7) is 6.57. The quantitative estimate of drug-likeness (QED) is 0.532. The maximum Gasteiger partial charge on any atom is 0.342 e. The van der Waals surface area contributed by atoms with Crippen molar-refractivity contribution in [3.63, 3.8) is 0 Å². The van der Waals surface area contributed by atoms with Crippen LogP contribution in [0.1, 0.15) is 48.7 Å². The predicted molar refractivity (Wildman–Crippen MR) is 100 cm³/mol. The second-order valence-corrected chi connectivity index (χ2v) is 7.90. The Morgan fingerprint density at radius 3 is 2.62 bits per heavy atom. The van der Waals surface area contributed by atoms with Crippen molar-refractivity contribution in [3.05, 3.63) is 71.5 Å². The zero-order valence-electron chi connectivity index (χ0n) is 14.3. The van der Waals surface area contributed by atoms with Gasteiger partial charge in [0.1, 0.15) is 0 Å². The van der Waals surface area contributed by atoms with Crippen molar-refractivity contribution in [1.82, 2.24) is 0 Å². The molecule has 3 rings (SSSR count). The van der Waals surface area contributed by atoms with Gasteiger partial charge < -0.3 is 4.74 Å². The van der Waals surface area contributed by atoms with E-state index in [-0.39, 0.29) is 11.4 Å². The van der Waals surface area contributed by atoms with Crippen LogP contribution in [0.25, 0.3) is 5.57 Å². The lowest BCUT2D eigenvalue weighted by Crippen LogP contribution is -2.22. The maximum atomic E-state index is 12.0. The van der Waals surface area contributed by atoms with Gasteiger partial charge in [0, 0.05) is 4.90 Å². The number of fused-ring (bicyclic) bond motifs is 1. The van der Waals surface area contributed by atoms with Crippen molar-refractivity contribution in [2.45, 2.75) is 37.5 Å². The van der Waals surface area contributed by atoms with Gasteiger partial charge in [0.15, 0.2) is 0 Å². The van der Waals surface area contributed by atoms with E-state index in [9.17, 15) is 4.79 Å². The van der Waals surface area contributed by atoms with E-state index < -0.39 is 0 Å². The van der Waals surface area contributed by atoms with E-state index in [0.29, 0.717) is 5.56 Å². The van der Waals surface area contributed by atoms with E-state index in [4.69, 9.17) is 4.74 Å². The summed E-state index contributed by atoms with van der Waals surface area (Å²) in [4.78, 5) is 13.4. The largest absolute Gasteiger partial charge is 0.431 e. The number of carbonyl (C=O) groups is 1. The molecule has 2 aromatic rings. The van der Waals surface area contributed by atoms with Gasteiger partial charge in [-0.05, 0) is 65.5 Å². The minimum absolute atomic E-state index is 0.192. The topological polar surface area (TPSA) is 26.3 Å². The van der Waals surface area contributed by atoms with E-state index in [1.165, 1.54) is 22.6 Å². The van der Waals surface area contributed by atoms with Gasteiger partial charge in [-0.25, -0.2) is 4.79 Å². The predicted octanol–water partition coefficient (Wildman–Crippen LogP) is 5.68. The number of rotatable bonds is 3. The molecule has 0 unspecified atom stereocenters. The zero-order chi connectivity index (χ0) is 17.2. The summed E-state index contributed by atoms with van der Waals surface area (Å²) in [5, 5.41) is 0. The molecule has 1 aliphatic heterocycles. The van der Waals surface area contributed by atoms with Crippen molar-refractivity contribution in [2.75, 3.05) is 5.75 Å². The Balaban J connectivity index is 1.80.